The second-order valence-electron chi connectivity index (χ2n) is 4.03. The van der Waals surface area contributed by atoms with Crippen LogP contribution >= 0.6 is 11.3 Å². The molecule has 4 heteroatoms. The molecule has 86 valence electrons. The lowest BCUT2D eigenvalue weighted by Crippen LogP contribution is -2.35. The van der Waals surface area contributed by atoms with Crippen LogP contribution in [0, 0.1) is 0 Å². The molecule has 1 aliphatic heterocycles. The van der Waals surface area contributed by atoms with E-state index in [1.54, 1.807) is 0 Å². The summed E-state index contributed by atoms with van der Waals surface area (Å²) in [5.74, 6) is 0.563. The van der Waals surface area contributed by atoms with Gasteiger partial charge in [-0.3, -0.25) is 9.59 Å². The first-order valence-electron chi connectivity index (χ1n) is 5.56. The Bertz CT molecular complexity index is 362. The highest BCUT2D eigenvalue weighted by Gasteiger charge is 2.17. The van der Waals surface area contributed by atoms with Crippen LogP contribution < -0.4 is 0 Å². The summed E-state index contributed by atoms with van der Waals surface area (Å²) < 4.78 is 0. The van der Waals surface area contributed by atoms with Gasteiger partial charge in [-0.15, -0.1) is 11.3 Å². The van der Waals surface area contributed by atoms with Gasteiger partial charge in [0.05, 0.1) is 4.88 Å². The van der Waals surface area contributed by atoms with Gasteiger partial charge in [0.2, 0.25) is 0 Å². The second-order valence-corrected chi connectivity index (χ2v) is 4.98. The van der Waals surface area contributed by atoms with Gasteiger partial charge in [-0.25, -0.2) is 0 Å². The van der Waals surface area contributed by atoms with E-state index in [1.807, 2.05) is 17.5 Å². The van der Waals surface area contributed by atoms with Crippen molar-refractivity contribution < 1.29 is 9.59 Å². The maximum atomic E-state index is 11.7. The Morgan fingerprint density at radius 3 is 2.75 bits per heavy atom. The Morgan fingerprint density at radius 1 is 1.38 bits per heavy atom. The minimum Gasteiger partial charge on any atom is -0.302 e. The predicted octanol–water partition coefficient (Wildman–Crippen LogP) is 1.99. The summed E-state index contributed by atoms with van der Waals surface area (Å²) in [6.07, 6.45) is 1.86. The maximum Gasteiger partial charge on any atom is 0.174 e. The first kappa shape index (κ1) is 11.5. The number of Topliss-reactive ketones (excluding diaryl/α,β-unsaturated/α-hetero) is 2. The summed E-state index contributed by atoms with van der Waals surface area (Å²) in [6, 6.07) is 3.77. The lowest BCUT2D eigenvalue weighted by atomic mass is 10.1. The molecule has 0 unspecified atom stereocenters. The first-order valence-corrected chi connectivity index (χ1v) is 6.44. The van der Waals surface area contributed by atoms with Crippen molar-refractivity contribution in [1.82, 2.24) is 4.90 Å². The number of thiophene rings is 1. The van der Waals surface area contributed by atoms with Crippen molar-refractivity contribution in [3.05, 3.63) is 22.4 Å². The molecule has 1 aliphatic rings. The summed E-state index contributed by atoms with van der Waals surface area (Å²) in [4.78, 5) is 25.8. The van der Waals surface area contributed by atoms with E-state index in [0.717, 1.165) is 24.5 Å². The number of carbonyl (C=O) groups excluding carboxylic acids is 2. The van der Waals surface area contributed by atoms with Gasteiger partial charge in [0, 0.05) is 38.9 Å². The minimum absolute atomic E-state index is 0.215. The van der Waals surface area contributed by atoms with Crippen LogP contribution in [0.3, 0.4) is 0 Å². The maximum absolute atomic E-state index is 11.7. The number of nitrogens with zero attached hydrogens (tertiary/aromatic N) is 1. The summed E-state index contributed by atoms with van der Waals surface area (Å²) in [5, 5.41) is 1.92. The molecule has 0 aromatic carbocycles. The smallest absolute Gasteiger partial charge is 0.174 e. The minimum atomic E-state index is 0.215. The monoisotopic (exact) mass is 237 g/mol. The van der Waals surface area contributed by atoms with Crippen LogP contribution in [-0.4, -0.2) is 36.1 Å². The van der Waals surface area contributed by atoms with Crippen molar-refractivity contribution in [2.75, 3.05) is 19.6 Å². The first-order chi connectivity index (χ1) is 7.75. The third-order valence-corrected chi connectivity index (χ3v) is 3.78. The molecule has 0 N–H and O–H groups in total. The van der Waals surface area contributed by atoms with Gasteiger partial charge in [-0.2, -0.15) is 0 Å². The zero-order valence-corrected chi connectivity index (χ0v) is 9.96. The van der Waals surface area contributed by atoms with Gasteiger partial charge >= 0.3 is 0 Å². The van der Waals surface area contributed by atoms with Gasteiger partial charge in [0.15, 0.2) is 5.78 Å². The Hall–Kier alpha value is -1.000. The van der Waals surface area contributed by atoms with Crippen molar-refractivity contribution in [2.24, 2.45) is 0 Å². The van der Waals surface area contributed by atoms with E-state index in [9.17, 15) is 9.59 Å². The molecule has 16 heavy (non-hydrogen) atoms. The van der Waals surface area contributed by atoms with Gasteiger partial charge in [-0.1, -0.05) is 6.07 Å². The van der Waals surface area contributed by atoms with Gasteiger partial charge in [-0.05, 0) is 11.4 Å². The van der Waals surface area contributed by atoms with Crippen molar-refractivity contribution in [2.45, 2.75) is 19.3 Å². The third kappa shape index (κ3) is 3.00. The van der Waals surface area contributed by atoms with Gasteiger partial charge < -0.3 is 4.90 Å². The molecule has 2 heterocycles. The lowest BCUT2D eigenvalue weighted by Gasteiger charge is -2.25. The van der Waals surface area contributed by atoms with E-state index in [2.05, 4.69) is 4.90 Å². The molecule has 0 saturated carbocycles. The summed E-state index contributed by atoms with van der Waals surface area (Å²) in [5.41, 5.74) is 0. The van der Waals surface area contributed by atoms with Crippen molar-refractivity contribution in [3.63, 3.8) is 0 Å². The highest BCUT2D eigenvalue weighted by molar-refractivity contribution is 7.12. The van der Waals surface area contributed by atoms with Crippen LogP contribution in [0.15, 0.2) is 17.5 Å². The van der Waals surface area contributed by atoms with E-state index >= 15 is 0 Å². The summed E-state index contributed by atoms with van der Waals surface area (Å²) in [7, 11) is 0. The van der Waals surface area contributed by atoms with Crippen molar-refractivity contribution >= 4 is 22.9 Å². The van der Waals surface area contributed by atoms with Crippen LogP contribution in [-0.2, 0) is 4.79 Å². The lowest BCUT2D eigenvalue weighted by molar-refractivity contribution is -0.121. The van der Waals surface area contributed by atoms with E-state index in [4.69, 9.17) is 0 Å². The number of ketones is 2. The molecule has 1 saturated heterocycles. The molecular weight excluding hydrogens is 222 g/mol. The Balaban J connectivity index is 1.75. The van der Waals surface area contributed by atoms with Crippen molar-refractivity contribution in [1.29, 1.82) is 0 Å². The van der Waals surface area contributed by atoms with Crippen molar-refractivity contribution in [3.8, 4) is 0 Å². The standard InChI is InChI=1S/C12H15NO2S/c14-10-3-6-13(7-4-10)8-5-11(15)12-2-1-9-16-12/h1-2,9H,3-8H2. The van der Waals surface area contributed by atoms with Crippen LogP contribution in [0.2, 0.25) is 0 Å². The summed E-state index contributed by atoms with van der Waals surface area (Å²) in [6.45, 7) is 2.41. The van der Waals surface area contributed by atoms with Crippen LogP contribution in [0.1, 0.15) is 28.9 Å². The second kappa shape index (κ2) is 5.37. The quantitative estimate of drug-likeness (QED) is 0.751. The molecule has 0 bridgehead atoms. The fourth-order valence-corrected chi connectivity index (χ4v) is 2.54. The molecule has 1 aromatic heterocycles. The van der Waals surface area contributed by atoms with E-state index in [-0.39, 0.29) is 5.78 Å². The normalized spacial score (nSPS) is 17.6. The molecule has 0 spiro atoms. The number of likely N-dealkylation sites (tertiary alicyclic amines) is 1. The third-order valence-electron chi connectivity index (χ3n) is 2.86. The number of carbonyl (C=O) groups is 2. The number of piperidine rings is 1. The molecule has 0 aliphatic carbocycles. The molecule has 3 nitrogen and oxygen atoms in total. The molecule has 1 fully saturated rings. The van der Waals surface area contributed by atoms with Crippen LogP contribution in [0.25, 0.3) is 0 Å². The molecule has 0 atom stereocenters. The number of hydrogen-bond donors (Lipinski definition) is 0. The van der Waals surface area contributed by atoms with E-state index in [0.29, 0.717) is 25.0 Å². The average molecular weight is 237 g/mol. The molecule has 1 aromatic rings. The molecule has 0 amide bonds. The zero-order valence-electron chi connectivity index (χ0n) is 9.15. The number of hydrogen-bond acceptors (Lipinski definition) is 4. The summed E-state index contributed by atoms with van der Waals surface area (Å²) >= 11 is 1.50. The molecular formula is C12H15NO2S. The van der Waals surface area contributed by atoms with Gasteiger partial charge in [0.1, 0.15) is 5.78 Å². The Morgan fingerprint density at radius 2 is 2.12 bits per heavy atom. The highest BCUT2D eigenvalue weighted by atomic mass is 32.1. The predicted molar refractivity (Wildman–Crippen MR) is 63.9 cm³/mol. The van der Waals surface area contributed by atoms with E-state index in [1.165, 1.54) is 11.3 Å². The largest absolute Gasteiger partial charge is 0.302 e. The SMILES string of the molecule is O=C1CCN(CCC(=O)c2cccs2)CC1. The zero-order chi connectivity index (χ0) is 11.4. The van der Waals surface area contributed by atoms with E-state index < -0.39 is 0 Å². The van der Waals surface area contributed by atoms with Crippen LogP contribution in [0.4, 0.5) is 0 Å². The Labute approximate surface area is 99.1 Å². The highest BCUT2D eigenvalue weighted by Crippen LogP contribution is 2.12. The fraction of sp³-hybridized carbons (Fsp3) is 0.500. The fourth-order valence-electron chi connectivity index (χ4n) is 1.85. The number of rotatable bonds is 4. The average Bonchev–Trinajstić information content (AvgIpc) is 2.81. The van der Waals surface area contributed by atoms with Gasteiger partial charge in [0.25, 0.3) is 0 Å². The topological polar surface area (TPSA) is 37.4 Å². The molecule has 2 rings (SSSR count). The Kier molecular flexibility index (Phi) is 3.85. The molecule has 0 radical (unpaired) electrons. The van der Waals surface area contributed by atoms with Crippen LogP contribution in [0.5, 0.6) is 0 Å².